The molecule has 0 atom stereocenters. The van der Waals surface area contributed by atoms with Crippen molar-refractivity contribution < 1.29 is 4.79 Å². The molecule has 5 heteroatoms. The highest BCUT2D eigenvalue weighted by molar-refractivity contribution is 8.00. The van der Waals surface area contributed by atoms with Crippen LogP contribution in [0.1, 0.15) is 49.2 Å². The maximum atomic E-state index is 12.4. The lowest BCUT2D eigenvalue weighted by Gasteiger charge is -2.40. The summed E-state index contributed by atoms with van der Waals surface area (Å²) in [7, 11) is 0. The van der Waals surface area contributed by atoms with E-state index in [4.69, 9.17) is 0 Å². The van der Waals surface area contributed by atoms with Gasteiger partial charge >= 0.3 is 0 Å². The summed E-state index contributed by atoms with van der Waals surface area (Å²) in [6.45, 7) is 5.64. The van der Waals surface area contributed by atoms with Crippen LogP contribution < -0.4 is 10.6 Å². The first-order valence-corrected chi connectivity index (χ1v) is 8.93. The van der Waals surface area contributed by atoms with Crippen molar-refractivity contribution in [3.8, 4) is 0 Å². The van der Waals surface area contributed by atoms with Crippen molar-refractivity contribution >= 4 is 23.5 Å². The Morgan fingerprint density at radius 1 is 1.38 bits per heavy atom. The molecule has 2 N–H and O–H groups in total. The van der Waals surface area contributed by atoms with Crippen LogP contribution in [0.2, 0.25) is 0 Å². The molecule has 21 heavy (non-hydrogen) atoms. The molecule has 0 saturated heterocycles. The molecule has 0 radical (unpaired) electrons. The average molecular weight is 307 g/mol. The van der Waals surface area contributed by atoms with Crippen molar-refractivity contribution in [1.82, 2.24) is 10.3 Å². The fraction of sp³-hybridized carbons (Fsp3) is 0.625. The third kappa shape index (κ3) is 3.90. The number of thioether (sulfide) groups is 1. The van der Waals surface area contributed by atoms with Crippen molar-refractivity contribution in [3.05, 3.63) is 23.4 Å². The van der Waals surface area contributed by atoms with E-state index < -0.39 is 0 Å². The van der Waals surface area contributed by atoms with Gasteiger partial charge in [-0.2, -0.15) is 11.8 Å². The van der Waals surface area contributed by atoms with E-state index >= 15 is 0 Å². The average Bonchev–Trinajstić information content (AvgIpc) is 2.46. The van der Waals surface area contributed by atoms with Crippen molar-refractivity contribution in [2.75, 3.05) is 24.7 Å². The number of aromatic nitrogens is 1. The Morgan fingerprint density at radius 2 is 2.14 bits per heavy atom. The molecule has 1 aliphatic rings. The van der Waals surface area contributed by atoms with Crippen LogP contribution in [-0.2, 0) is 6.42 Å². The number of rotatable bonds is 7. The number of nitrogens with one attached hydrogen (secondary N) is 2. The standard InChI is InChI=1S/C16H25N3OS/c1-4-13-9-12(10-14(19-13)17-5-2)15(20)18-11-16(21-3)7-6-8-16/h9-10H,4-8,11H2,1-3H3,(H,17,19)(H,18,20). The summed E-state index contributed by atoms with van der Waals surface area (Å²) in [5.74, 6) is 0.789. The maximum Gasteiger partial charge on any atom is 0.251 e. The summed E-state index contributed by atoms with van der Waals surface area (Å²) in [5, 5.41) is 6.29. The molecule has 4 nitrogen and oxygen atoms in total. The van der Waals surface area contributed by atoms with Gasteiger partial charge in [0.25, 0.3) is 5.91 Å². The zero-order chi connectivity index (χ0) is 15.3. The van der Waals surface area contributed by atoms with E-state index in [1.807, 2.05) is 30.8 Å². The molecule has 1 aliphatic carbocycles. The van der Waals surface area contributed by atoms with Gasteiger partial charge in [-0.1, -0.05) is 13.3 Å². The number of anilines is 1. The molecule has 0 aromatic carbocycles. The van der Waals surface area contributed by atoms with E-state index in [1.165, 1.54) is 19.3 Å². The number of hydrogen-bond donors (Lipinski definition) is 2. The van der Waals surface area contributed by atoms with E-state index in [9.17, 15) is 4.79 Å². The second-order valence-electron chi connectivity index (χ2n) is 5.54. The predicted molar refractivity (Wildman–Crippen MR) is 90.2 cm³/mol. The van der Waals surface area contributed by atoms with Gasteiger partial charge in [-0.05, 0) is 44.6 Å². The number of amides is 1. The van der Waals surface area contributed by atoms with Gasteiger partial charge in [0.15, 0.2) is 0 Å². The summed E-state index contributed by atoms with van der Waals surface area (Å²) in [6, 6.07) is 3.73. The molecule has 1 saturated carbocycles. The zero-order valence-electron chi connectivity index (χ0n) is 13.2. The van der Waals surface area contributed by atoms with E-state index in [0.717, 1.165) is 31.0 Å². The molecule has 1 aromatic heterocycles. The van der Waals surface area contributed by atoms with Crippen LogP contribution in [0.25, 0.3) is 0 Å². The minimum absolute atomic E-state index is 0.00609. The first-order valence-electron chi connectivity index (χ1n) is 7.70. The quantitative estimate of drug-likeness (QED) is 0.813. The Hall–Kier alpha value is -1.23. The Bertz CT molecular complexity index is 495. The van der Waals surface area contributed by atoms with E-state index in [2.05, 4.69) is 28.8 Å². The second kappa shape index (κ2) is 7.16. The van der Waals surface area contributed by atoms with Crippen LogP contribution in [-0.4, -0.2) is 35.0 Å². The van der Waals surface area contributed by atoms with Crippen LogP contribution in [0, 0.1) is 0 Å². The molecule has 1 heterocycles. The van der Waals surface area contributed by atoms with Crippen molar-refractivity contribution in [1.29, 1.82) is 0 Å². The molecule has 0 bridgehead atoms. The lowest BCUT2D eigenvalue weighted by Crippen LogP contribution is -2.45. The molecule has 0 spiro atoms. The minimum atomic E-state index is 0.00609. The molecule has 116 valence electrons. The van der Waals surface area contributed by atoms with Crippen LogP contribution in [0.3, 0.4) is 0 Å². The summed E-state index contributed by atoms with van der Waals surface area (Å²) in [6.07, 6.45) is 6.64. The highest BCUT2D eigenvalue weighted by Crippen LogP contribution is 2.42. The largest absolute Gasteiger partial charge is 0.370 e. The molecule has 1 aromatic rings. The molecule has 0 aliphatic heterocycles. The lowest BCUT2D eigenvalue weighted by atomic mass is 9.84. The summed E-state index contributed by atoms with van der Waals surface area (Å²) in [4.78, 5) is 16.9. The molecule has 0 unspecified atom stereocenters. The van der Waals surface area contributed by atoms with Gasteiger partial charge in [-0.25, -0.2) is 4.98 Å². The Morgan fingerprint density at radius 3 is 2.67 bits per heavy atom. The van der Waals surface area contributed by atoms with Gasteiger partial charge in [0.1, 0.15) is 5.82 Å². The molecule has 1 fully saturated rings. The third-order valence-corrected chi connectivity index (χ3v) is 5.55. The second-order valence-corrected chi connectivity index (χ2v) is 6.81. The number of aryl methyl sites for hydroxylation is 1. The molecular weight excluding hydrogens is 282 g/mol. The van der Waals surface area contributed by atoms with Gasteiger partial charge in [-0.3, -0.25) is 4.79 Å². The summed E-state index contributed by atoms with van der Waals surface area (Å²) >= 11 is 1.88. The highest BCUT2D eigenvalue weighted by atomic mass is 32.2. The van der Waals surface area contributed by atoms with Gasteiger partial charge < -0.3 is 10.6 Å². The van der Waals surface area contributed by atoms with Crippen LogP contribution >= 0.6 is 11.8 Å². The monoisotopic (exact) mass is 307 g/mol. The normalized spacial score (nSPS) is 16.1. The van der Waals surface area contributed by atoms with E-state index in [-0.39, 0.29) is 10.7 Å². The fourth-order valence-electron chi connectivity index (χ4n) is 2.54. The smallest absolute Gasteiger partial charge is 0.251 e. The van der Waals surface area contributed by atoms with Gasteiger partial charge in [0.2, 0.25) is 0 Å². The molecule has 2 rings (SSSR count). The maximum absolute atomic E-state index is 12.4. The number of pyridine rings is 1. The predicted octanol–water partition coefficient (Wildman–Crippen LogP) is 3.09. The fourth-order valence-corrected chi connectivity index (χ4v) is 3.45. The zero-order valence-corrected chi connectivity index (χ0v) is 14.0. The number of hydrogen-bond acceptors (Lipinski definition) is 4. The molecule has 1 amide bonds. The summed E-state index contributed by atoms with van der Waals surface area (Å²) < 4.78 is 0.265. The van der Waals surface area contributed by atoms with Crippen molar-refractivity contribution in [3.63, 3.8) is 0 Å². The van der Waals surface area contributed by atoms with Crippen LogP contribution in [0.5, 0.6) is 0 Å². The van der Waals surface area contributed by atoms with Crippen molar-refractivity contribution in [2.24, 2.45) is 0 Å². The first-order chi connectivity index (χ1) is 10.1. The van der Waals surface area contributed by atoms with E-state index in [1.54, 1.807) is 0 Å². The van der Waals surface area contributed by atoms with Gasteiger partial charge in [0, 0.05) is 29.1 Å². The highest BCUT2D eigenvalue weighted by Gasteiger charge is 2.36. The first kappa shape index (κ1) is 16.1. The third-order valence-electron chi connectivity index (χ3n) is 4.13. The SMILES string of the molecule is CCNc1cc(C(=O)NCC2(SC)CCC2)cc(CC)n1. The number of carbonyl (C=O) groups is 1. The summed E-state index contributed by atoms with van der Waals surface area (Å²) in [5.41, 5.74) is 1.65. The number of carbonyl (C=O) groups excluding carboxylic acids is 1. The molecular formula is C16H25N3OS. The Labute approximate surface area is 131 Å². The van der Waals surface area contributed by atoms with E-state index in [0.29, 0.717) is 5.56 Å². The van der Waals surface area contributed by atoms with Gasteiger partial charge in [-0.15, -0.1) is 0 Å². The van der Waals surface area contributed by atoms with Gasteiger partial charge in [0.05, 0.1) is 0 Å². The minimum Gasteiger partial charge on any atom is -0.370 e. The Balaban J connectivity index is 2.05. The van der Waals surface area contributed by atoms with Crippen LogP contribution in [0.15, 0.2) is 12.1 Å². The Kier molecular flexibility index (Phi) is 5.51. The van der Waals surface area contributed by atoms with Crippen LogP contribution in [0.4, 0.5) is 5.82 Å². The van der Waals surface area contributed by atoms with Crippen molar-refractivity contribution in [2.45, 2.75) is 44.3 Å². The topological polar surface area (TPSA) is 54.0 Å². The number of nitrogens with zero attached hydrogens (tertiary/aromatic N) is 1. The lowest BCUT2D eigenvalue weighted by molar-refractivity contribution is 0.0943.